The molecular formula is C22H20AsF4N6O+. The number of hydrogen-bond donors (Lipinski definition) is 0. The number of benzene rings is 2. The molecule has 1 fully saturated rings. The second kappa shape index (κ2) is 8.32. The average molecular weight is 535 g/mol. The summed E-state index contributed by atoms with van der Waals surface area (Å²) < 4.78 is 58.8. The summed E-state index contributed by atoms with van der Waals surface area (Å²) >= 11 is 1.26. The molecule has 12 heteroatoms. The topological polar surface area (TPSA) is 64.7 Å². The van der Waals surface area contributed by atoms with Crippen LogP contribution in [-0.4, -0.2) is 55.0 Å². The predicted molar refractivity (Wildman–Crippen MR) is 121 cm³/mol. The standard InChI is InChI=1S/C22H20AsF4N6O/c1-13-28-12-32(30-13)19-9-6-15(11-18(19)24)33-10-2-3-17(20(33)29-21(23)31-33)14-4-7-16(8-5-14)34-22(25,26)27/h4-9,11-12,17H,2-3,10,23H2,1H3/q+1/t17?,33-/m0/s1. The first-order chi connectivity index (χ1) is 16.1. The second-order valence-corrected chi connectivity index (χ2v) is 9.19. The molecule has 1 aromatic heterocycles. The van der Waals surface area contributed by atoms with Crippen molar-refractivity contribution in [1.82, 2.24) is 19.4 Å². The van der Waals surface area contributed by atoms with Gasteiger partial charge in [-0.05, 0) is 0 Å². The zero-order valence-corrected chi connectivity index (χ0v) is 20.4. The van der Waals surface area contributed by atoms with E-state index in [1.807, 2.05) is 6.07 Å². The predicted octanol–water partition coefficient (Wildman–Crippen LogP) is 3.81. The van der Waals surface area contributed by atoms with Crippen LogP contribution in [0.15, 0.2) is 58.9 Å². The van der Waals surface area contributed by atoms with Crippen molar-refractivity contribution >= 4 is 33.0 Å². The van der Waals surface area contributed by atoms with Crippen LogP contribution in [0.1, 0.15) is 30.1 Å². The third-order valence-electron chi connectivity index (χ3n) is 5.90. The van der Waals surface area contributed by atoms with Crippen LogP contribution in [0.4, 0.5) is 23.2 Å². The molecule has 3 atom stereocenters. The van der Waals surface area contributed by atoms with Gasteiger partial charge in [-0.25, -0.2) is 0 Å². The van der Waals surface area contributed by atoms with Crippen molar-refractivity contribution in [1.29, 1.82) is 0 Å². The van der Waals surface area contributed by atoms with Crippen molar-refractivity contribution in [3.05, 3.63) is 66.0 Å². The third-order valence-corrected chi connectivity index (χ3v) is 6.41. The van der Waals surface area contributed by atoms with Crippen LogP contribution in [-0.2, 0) is 0 Å². The Bertz CT molecular complexity index is 1300. The van der Waals surface area contributed by atoms with E-state index in [1.165, 1.54) is 46.1 Å². The molecule has 0 N–H and O–H groups in total. The Kier molecular flexibility index (Phi) is 5.56. The zero-order valence-electron chi connectivity index (χ0n) is 18.0. The SMILES string of the molecule is Cc1ncn(-c2ccc([N@@+]34CCCC(c5ccc(OC(F)(F)F)cc5)C3=NC([AsH2])=N4)cc2F)n1. The van der Waals surface area contributed by atoms with E-state index in [0.29, 0.717) is 22.7 Å². The van der Waals surface area contributed by atoms with Crippen LogP contribution in [0.3, 0.4) is 0 Å². The average Bonchev–Trinajstić information content (AvgIpc) is 3.36. The first-order valence-corrected chi connectivity index (χ1v) is 11.7. The fraction of sp³-hybridized carbons (Fsp3) is 0.273. The van der Waals surface area contributed by atoms with Gasteiger partial charge in [-0.1, -0.05) is 0 Å². The number of piperidine rings is 1. The summed E-state index contributed by atoms with van der Waals surface area (Å²) in [6, 6.07) is 10.7. The number of rotatable bonds is 4. The van der Waals surface area contributed by atoms with Crippen molar-refractivity contribution in [3.8, 4) is 11.4 Å². The summed E-state index contributed by atoms with van der Waals surface area (Å²) in [5, 5.41) is 8.98. The maximum absolute atomic E-state index is 15.2. The molecular weight excluding hydrogens is 515 g/mol. The molecule has 2 unspecified atom stereocenters. The van der Waals surface area contributed by atoms with Gasteiger partial charge >= 0.3 is 201 Å². The molecule has 176 valence electrons. The van der Waals surface area contributed by atoms with Crippen molar-refractivity contribution in [2.75, 3.05) is 6.54 Å². The molecule has 34 heavy (non-hydrogen) atoms. The molecule has 0 aliphatic carbocycles. The van der Waals surface area contributed by atoms with Gasteiger partial charge in [0.15, 0.2) is 0 Å². The molecule has 5 rings (SSSR count). The van der Waals surface area contributed by atoms with Gasteiger partial charge in [-0.2, -0.15) is 0 Å². The van der Waals surface area contributed by atoms with Gasteiger partial charge in [0, 0.05) is 0 Å². The minimum atomic E-state index is -4.75. The Morgan fingerprint density at radius 1 is 1.15 bits per heavy atom. The van der Waals surface area contributed by atoms with Gasteiger partial charge in [-0.15, -0.1) is 0 Å². The van der Waals surface area contributed by atoms with Crippen LogP contribution in [0.25, 0.3) is 5.69 Å². The van der Waals surface area contributed by atoms with Crippen molar-refractivity contribution in [2.45, 2.75) is 32.0 Å². The van der Waals surface area contributed by atoms with Crippen molar-refractivity contribution in [3.63, 3.8) is 0 Å². The minimum absolute atomic E-state index is 0.0483. The number of alkyl halides is 3. The van der Waals surface area contributed by atoms with Gasteiger partial charge in [0.2, 0.25) is 0 Å². The number of aromatic nitrogens is 3. The van der Waals surface area contributed by atoms with Gasteiger partial charge in [-0.3, -0.25) is 0 Å². The first-order valence-electron chi connectivity index (χ1n) is 10.5. The Morgan fingerprint density at radius 3 is 2.56 bits per heavy atom. The van der Waals surface area contributed by atoms with E-state index in [0.717, 1.165) is 24.2 Å². The number of amidine groups is 2. The normalized spacial score (nSPS) is 22.2. The van der Waals surface area contributed by atoms with Crippen LogP contribution in [0.2, 0.25) is 0 Å². The molecule has 3 heterocycles. The summed E-state index contributed by atoms with van der Waals surface area (Å²) in [5.74, 6) is 0.353. The number of nitrogens with zero attached hydrogens (tertiary/aromatic N) is 6. The van der Waals surface area contributed by atoms with E-state index in [-0.39, 0.29) is 21.9 Å². The van der Waals surface area contributed by atoms with Gasteiger partial charge in [0.1, 0.15) is 0 Å². The van der Waals surface area contributed by atoms with E-state index in [1.54, 1.807) is 25.1 Å². The second-order valence-electron chi connectivity index (χ2n) is 8.10. The molecule has 0 spiro atoms. The number of quaternary nitrogens is 1. The summed E-state index contributed by atoms with van der Waals surface area (Å²) in [5.41, 5.74) is 1.72. The Morgan fingerprint density at radius 2 is 1.91 bits per heavy atom. The van der Waals surface area contributed by atoms with Crippen molar-refractivity contribution in [2.24, 2.45) is 10.1 Å². The van der Waals surface area contributed by atoms with Crippen LogP contribution >= 0.6 is 0 Å². The molecule has 7 nitrogen and oxygen atoms in total. The van der Waals surface area contributed by atoms with Crippen LogP contribution in [0.5, 0.6) is 5.75 Å². The van der Waals surface area contributed by atoms with Crippen LogP contribution < -0.4 is 9.33 Å². The summed E-state index contributed by atoms with van der Waals surface area (Å²) in [6.07, 6.45) is -1.76. The van der Waals surface area contributed by atoms with E-state index in [9.17, 15) is 13.2 Å². The molecule has 0 amide bonds. The van der Waals surface area contributed by atoms with Crippen LogP contribution in [0, 0.1) is 12.7 Å². The summed E-state index contributed by atoms with van der Waals surface area (Å²) in [7, 11) is 0. The molecule has 0 radical (unpaired) electrons. The Hall–Kier alpha value is -3.04. The number of fused-ring (bicyclic) bond motifs is 1. The van der Waals surface area contributed by atoms with Gasteiger partial charge in [0.05, 0.1) is 0 Å². The molecule has 0 bridgehead atoms. The number of aryl methyl sites for hydroxylation is 1. The molecule has 1 saturated heterocycles. The van der Waals surface area contributed by atoms with E-state index in [4.69, 9.17) is 10.1 Å². The third kappa shape index (κ3) is 4.14. The molecule has 2 aliphatic rings. The monoisotopic (exact) mass is 535 g/mol. The molecule has 3 aromatic rings. The zero-order chi connectivity index (χ0) is 24.1. The van der Waals surface area contributed by atoms with Gasteiger partial charge < -0.3 is 0 Å². The molecule has 2 aliphatic heterocycles. The Balaban J connectivity index is 1.49. The van der Waals surface area contributed by atoms with Gasteiger partial charge in [0.25, 0.3) is 0 Å². The van der Waals surface area contributed by atoms with E-state index < -0.39 is 12.2 Å². The quantitative estimate of drug-likeness (QED) is 0.290. The fourth-order valence-electron chi connectivity index (χ4n) is 4.51. The summed E-state index contributed by atoms with van der Waals surface area (Å²) in [4.78, 5) is 8.77. The fourth-order valence-corrected chi connectivity index (χ4v) is 5.20. The number of hydrogen-bond acceptors (Lipinski definition) is 5. The number of halogens is 4. The summed E-state index contributed by atoms with van der Waals surface area (Å²) in [6.45, 7) is 2.34. The number of aliphatic imine (C=N–C) groups is 1. The Labute approximate surface area is 200 Å². The van der Waals surface area contributed by atoms with Crippen molar-refractivity contribution < 1.29 is 22.3 Å². The van der Waals surface area contributed by atoms with E-state index >= 15 is 4.39 Å². The maximum atomic E-state index is 15.2. The molecule has 0 saturated carbocycles. The van der Waals surface area contributed by atoms with E-state index in [2.05, 4.69) is 14.8 Å². The molecule has 2 aromatic carbocycles. The first kappa shape index (κ1) is 22.7. The number of ether oxygens (including phenoxy) is 1.